The molecule has 3 N–H and O–H groups in total. The van der Waals surface area contributed by atoms with E-state index in [0.29, 0.717) is 11.4 Å². The zero-order chi connectivity index (χ0) is 14.4. The molecule has 0 radical (unpaired) electrons. The van der Waals surface area contributed by atoms with Crippen LogP contribution in [0.3, 0.4) is 0 Å². The van der Waals surface area contributed by atoms with Crippen LogP contribution in [0, 0.1) is 0 Å². The van der Waals surface area contributed by atoms with Crippen LogP contribution < -0.4 is 20.9 Å². The molecular formula is C13H13N3O4. The lowest BCUT2D eigenvalue weighted by Crippen LogP contribution is -2.43. The zero-order valence-electron chi connectivity index (χ0n) is 10.7. The lowest BCUT2D eigenvalue weighted by Gasteiger charge is -2.10. The van der Waals surface area contributed by atoms with Gasteiger partial charge in [-0.3, -0.25) is 10.2 Å². The van der Waals surface area contributed by atoms with Crippen molar-refractivity contribution in [2.24, 2.45) is 0 Å². The summed E-state index contributed by atoms with van der Waals surface area (Å²) in [5.41, 5.74) is 4.90. The molecule has 0 saturated heterocycles. The minimum Gasteiger partial charge on any atom is -0.495 e. The van der Waals surface area contributed by atoms with Crippen LogP contribution >= 0.6 is 0 Å². The van der Waals surface area contributed by atoms with Crippen molar-refractivity contribution in [3.05, 3.63) is 48.4 Å². The van der Waals surface area contributed by atoms with Crippen molar-refractivity contribution in [1.82, 2.24) is 10.9 Å². The highest BCUT2D eigenvalue weighted by atomic mass is 16.5. The number of rotatable bonds is 3. The molecule has 0 unspecified atom stereocenters. The molecule has 0 aliphatic carbocycles. The third-order valence-electron chi connectivity index (χ3n) is 2.39. The zero-order valence-corrected chi connectivity index (χ0v) is 10.7. The Hall–Kier alpha value is -2.96. The molecule has 0 spiro atoms. The standard InChI is InChI=1S/C13H13N3O4/c1-19-10-6-3-2-5-9(10)14-13(18)16-15-12(17)11-7-4-8-20-11/h2-8H,1H3,(H,15,17)(H2,14,16,18). The van der Waals surface area contributed by atoms with Gasteiger partial charge in [-0.05, 0) is 24.3 Å². The first-order chi connectivity index (χ1) is 9.70. The van der Waals surface area contributed by atoms with Crippen LogP contribution in [-0.4, -0.2) is 19.0 Å². The molecule has 104 valence electrons. The van der Waals surface area contributed by atoms with Crippen LogP contribution in [-0.2, 0) is 0 Å². The second-order valence-corrected chi connectivity index (χ2v) is 3.71. The first-order valence-corrected chi connectivity index (χ1v) is 5.74. The van der Waals surface area contributed by atoms with Crippen LogP contribution in [0.4, 0.5) is 10.5 Å². The Bertz CT molecular complexity index is 595. The lowest BCUT2D eigenvalue weighted by molar-refractivity contribution is 0.0910. The molecule has 0 aliphatic heterocycles. The number of hydrogen-bond donors (Lipinski definition) is 3. The predicted octanol–water partition coefficient (Wildman–Crippen LogP) is 1.75. The number of furan rings is 1. The van der Waals surface area contributed by atoms with E-state index in [1.54, 1.807) is 30.3 Å². The molecule has 0 saturated carbocycles. The molecule has 2 aromatic rings. The van der Waals surface area contributed by atoms with Crippen LogP contribution in [0.15, 0.2) is 47.1 Å². The quantitative estimate of drug-likeness (QED) is 0.744. The summed E-state index contributed by atoms with van der Waals surface area (Å²) < 4.78 is 9.96. The Labute approximate surface area is 114 Å². The van der Waals surface area contributed by atoms with Crippen molar-refractivity contribution in [3.63, 3.8) is 0 Å². The van der Waals surface area contributed by atoms with Crippen molar-refractivity contribution < 1.29 is 18.7 Å². The third kappa shape index (κ3) is 3.29. The number of hydrazine groups is 1. The molecule has 1 heterocycles. The van der Waals surface area contributed by atoms with E-state index in [4.69, 9.17) is 9.15 Å². The van der Waals surface area contributed by atoms with Crippen molar-refractivity contribution >= 4 is 17.6 Å². The molecule has 1 aromatic heterocycles. The van der Waals surface area contributed by atoms with Gasteiger partial charge in [-0.1, -0.05) is 12.1 Å². The Balaban J connectivity index is 1.88. The van der Waals surface area contributed by atoms with Crippen molar-refractivity contribution in [2.75, 3.05) is 12.4 Å². The Morgan fingerprint density at radius 3 is 2.60 bits per heavy atom. The number of methoxy groups -OCH3 is 1. The molecule has 7 nitrogen and oxygen atoms in total. The second-order valence-electron chi connectivity index (χ2n) is 3.71. The van der Waals surface area contributed by atoms with Crippen LogP contribution in [0.25, 0.3) is 0 Å². The van der Waals surface area contributed by atoms with Gasteiger partial charge >= 0.3 is 11.9 Å². The molecule has 20 heavy (non-hydrogen) atoms. The molecule has 7 heteroatoms. The number of benzene rings is 1. The van der Waals surface area contributed by atoms with E-state index in [0.717, 1.165) is 0 Å². The van der Waals surface area contributed by atoms with E-state index in [1.807, 2.05) is 0 Å². The van der Waals surface area contributed by atoms with E-state index in [1.165, 1.54) is 19.4 Å². The van der Waals surface area contributed by atoms with Crippen molar-refractivity contribution in [1.29, 1.82) is 0 Å². The molecule has 2 rings (SSSR count). The average Bonchev–Trinajstić information content (AvgIpc) is 2.99. The SMILES string of the molecule is COc1ccccc1NC(=O)NNC(=O)c1ccco1. The maximum atomic E-state index is 11.6. The first-order valence-electron chi connectivity index (χ1n) is 5.74. The second kappa shape index (κ2) is 6.28. The van der Waals surface area contributed by atoms with Crippen molar-refractivity contribution in [2.45, 2.75) is 0 Å². The van der Waals surface area contributed by atoms with Gasteiger partial charge in [0, 0.05) is 0 Å². The fraction of sp³-hybridized carbons (Fsp3) is 0.0769. The fourth-order valence-corrected chi connectivity index (χ4v) is 1.48. The summed E-state index contributed by atoms with van der Waals surface area (Å²) >= 11 is 0. The smallest absolute Gasteiger partial charge is 0.338 e. The Kier molecular flexibility index (Phi) is 4.23. The fourth-order valence-electron chi connectivity index (χ4n) is 1.48. The summed E-state index contributed by atoms with van der Waals surface area (Å²) in [4.78, 5) is 23.1. The summed E-state index contributed by atoms with van der Waals surface area (Å²) in [7, 11) is 1.50. The third-order valence-corrected chi connectivity index (χ3v) is 2.39. The summed E-state index contributed by atoms with van der Waals surface area (Å²) in [5.74, 6) is 0.0628. The molecule has 0 fully saturated rings. The van der Waals surface area contributed by atoms with E-state index in [-0.39, 0.29) is 5.76 Å². The van der Waals surface area contributed by atoms with Crippen LogP contribution in [0.5, 0.6) is 5.75 Å². The van der Waals surface area contributed by atoms with Gasteiger partial charge < -0.3 is 14.5 Å². The van der Waals surface area contributed by atoms with Crippen LogP contribution in [0.2, 0.25) is 0 Å². The number of hydrogen-bond acceptors (Lipinski definition) is 4. The van der Waals surface area contributed by atoms with Gasteiger partial charge in [0.25, 0.3) is 0 Å². The number of anilines is 1. The summed E-state index contributed by atoms with van der Waals surface area (Å²) in [6.07, 6.45) is 1.36. The van der Waals surface area contributed by atoms with Gasteiger partial charge in [-0.25, -0.2) is 10.2 Å². The minimum atomic E-state index is -0.602. The van der Waals surface area contributed by atoms with Gasteiger partial charge in [0.15, 0.2) is 5.76 Å². The monoisotopic (exact) mass is 275 g/mol. The van der Waals surface area contributed by atoms with E-state index in [2.05, 4.69) is 16.2 Å². The van der Waals surface area contributed by atoms with Gasteiger partial charge in [-0.2, -0.15) is 0 Å². The van der Waals surface area contributed by atoms with Gasteiger partial charge in [0.1, 0.15) is 5.75 Å². The molecule has 0 atom stereocenters. The molecule has 1 aromatic carbocycles. The maximum Gasteiger partial charge on any atom is 0.338 e. The number of carbonyl (C=O) groups excluding carboxylic acids is 2. The number of nitrogens with one attached hydrogen (secondary N) is 3. The molecule has 0 aliphatic rings. The highest BCUT2D eigenvalue weighted by Crippen LogP contribution is 2.22. The Morgan fingerprint density at radius 1 is 1.10 bits per heavy atom. The topological polar surface area (TPSA) is 92.6 Å². The van der Waals surface area contributed by atoms with Crippen LogP contribution in [0.1, 0.15) is 10.6 Å². The van der Waals surface area contributed by atoms with E-state index in [9.17, 15) is 9.59 Å². The molecule has 0 bridgehead atoms. The maximum absolute atomic E-state index is 11.6. The van der Waals surface area contributed by atoms with Crippen molar-refractivity contribution in [3.8, 4) is 5.75 Å². The molecule has 3 amide bonds. The first kappa shape index (κ1) is 13.5. The average molecular weight is 275 g/mol. The predicted molar refractivity (Wildman–Crippen MR) is 71.3 cm³/mol. The number of amides is 3. The minimum absolute atomic E-state index is 0.0996. The molecular weight excluding hydrogens is 262 g/mol. The number of urea groups is 1. The van der Waals surface area contributed by atoms with Gasteiger partial charge in [-0.15, -0.1) is 0 Å². The Morgan fingerprint density at radius 2 is 1.90 bits per heavy atom. The number of para-hydroxylation sites is 2. The lowest BCUT2D eigenvalue weighted by atomic mass is 10.3. The van der Waals surface area contributed by atoms with Gasteiger partial charge in [0.2, 0.25) is 0 Å². The summed E-state index contributed by atoms with van der Waals surface area (Å²) in [6, 6.07) is 9.36. The number of carbonyl (C=O) groups is 2. The summed E-state index contributed by atoms with van der Waals surface area (Å²) in [5, 5.41) is 2.54. The highest BCUT2D eigenvalue weighted by Gasteiger charge is 2.10. The van der Waals surface area contributed by atoms with Gasteiger partial charge in [0.05, 0.1) is 19.1 Å². The highest BCUT2D eigenvalue weighted by molar-refractivity contribution is 5.95. The number of ether oxygens (including phenoxy) is 1. The summed E-state index contributed by atoms with van der Waals surface area (Å²) in [6.45, 7) is 0. The normalized spacial score (nSPS) is 9.65. The van der Waals surface area contributed by atoms with E-state index < -0.39 is 11.9 Å². The van der Waals surface area contributed by atoms with E-state index >= 15 is 0 Å². The largest absolute Gasteiger partial charge is 0.495 e.